The quantitative estimate of drug-likeness (QED) is 0.760. The second-order valence-electron chi connectivity index (χ2n) is 5.59. The number of allylic oxidation sites excluding steroid dienone is 2. The summed E-state index contributed by atoms with van der Waals surface area (Å²) in [7, 11) is 0. The highest BCUT2D eigenvalue weighted by Gasteiger charge is 2.40. The number of fused-ring (bicyclic) bond motifs is 3. The maximum atomic E-state index is 14.4. The SMILES string of the molecule is C/C=C/C1CC[C@H]2c3ccc(OCC)c(F)c3OC2C1. The Morgan fingerprint density at radius 2 is 2.25 bits per heavy atom. The first-order valence-corrected chi connectivity index (χ1v) is 7.49. The summed E-state index contributed by atoms with van der Waals surface area (Å²) in [6.45, 7) is 4.37. The van der Waals surface area contributed by atoms with E-state index in [2.05, 4.69) is 12.2 Å². The van der Waals surface area contributed by atoms with Crippen molar-refractivity contribution in [2.24, 2.45) is 5.92 Å². The van der Waals surface area contributed by atoms with Crippen LogP contribution in [-0.2, 0) is 0 Å². The lowest BCUT2D eigenvalue weighted by Gasteiger charge is -2.29. The molecule has 1 fully saturated rings. The average molecular weight is 276 g/mol. The maximum absolute atomic E-state index is 14.4. The molecule has 1 aliphatic carbocycles. The molecule has 0 radical (unpaired) electrons. The predicted molar refractivity (Wildman–Crippen MR) is 76.9 cm³/mol. The summed E-state index contributed by atoms with van der Waals surface area (Å²) in [5.41, 5.74) is 1.02. The molecule has 0 saturated heterocycles. The highest BCUT2D eigenvalue weighted by atomic mass is 19.1. The summed E-state index contributed by atoms with van der Waals surface area (Å²) in [5.74, 6) is 1.30. The van der Waals surface area contributed by atoms with Crippen LogP contribution >= 0.6 is 0 Å². The van der Waals surface area contributed by atoms with Gasteiger partial charge in [-0.05, 0) is 45.1 Å². The molecule has 1 aromatic carbocycles. The van der Waals surface area contributed by atoms with Crippen LogP contribution < -0.4 is 9.47 Å². The Kier molecular flexibility index (Phi) is 3.68. The zero-order valence-electron chi connectivity index (χ0n) is 12.1. The van der Waals surface area contributed by atoms with Crippen LogP contribution in [0.3, 0.4) is 0 Å². The van der Waals surface area contributed by atoms with Gasteiger partial charge in [0.2, 0.25) is 5.82 Å². The molecule has 20 heavy (non-hydrogen) atoms. The number of halogens is 1. The van der Waals surface area contributed by atoms with E-state index in [0.717, 1.165) is 24.8 Å². The molecule has 0 amide bonds. The topological polar surface area (TPSA) is 18.5 Å². The summed E-state index contributed by atoms with van der Waals surface area (Å²) < 4.78 is 25.6. The monoisotopic (exact) mass is 276 g/mol. The molecule has 1 heterocycles. The van der Waals surface area contributed by atoms with Crippen LogP contribution in [0.1, 0.15) is 44.6 Å². The Hall–Kier alpha value is -1.51. The third kappa shape index (κ3) is 2.19. The summed E-state index contributed by atoms with van der Waals surface area (Å²) in [5, 5.41) is 0. The smallest absolute Gasteiger partial charge is 0.207 e. The lowest BCUT2D eigenvalue weighted by atomic mass is 9.78. The van der Waals surface area contributed by atoms with Crippen molar-refractivity contribution in [2.75, 3.05) is 6.61 Å². The van der Waals surface area contributed by atoms with Crippen molar-refractivity contribution in [1.82, 2.24) is 0 Å². The Labute approximate surface area is 119 Å². The molecular weight excluding hydrogens is 255 g/mol. The molecule has 0 aromatic heterocycles. The van der Waals surface area contributed by atoms with E-state index in [1.165, 1.54) is 0 Å². The molecule has 3 atom stereocenters. The molecule has 3 rings (SSSR count). The van der Waals surface area contributed by atoms with E-state index in [1.54, 1.807) is 6.07 Å². The second-order valence-corrected chi connectivity index (χ2v) is 5.59. The van der Waals surface area contributed by atoms with Crippen molar-refractivity contribution in [1.29, 1.82) is 0 Å². The van der Waals surface area contributed by atoms with E-state index in [9.17, 15) is 4.39 Å². The van der Waals surface area contributed by atoms with E-state index >= 15 is 0 Å². The number of hydrogen-bond donors (Lipinski definition) is 0. The Morgan fingerprint density at radius 3 is 3.00 bits per heavy atom. The minimum absolute atomic E-state index is 0.117. The predicted octanol–water partition coefficient (Wildman–Crippen LogP) is 4.45. The van der Waals surface area contributed by atoms with Crippen LogP contribution in [0.25, 0.3) is 0 Å². The average Bonchev–Trinajstić information content (AvgIpc) is 2.81. The molecular formula is C17H21FO2. The number of rotatable bonds is 3. The van der Waals surface area contributed by atoms with Crippen molar-refractivity contribution in [3.63, 3.8) is 0 Å². The Balaban J connectivity index is 1.86. The van der Waals surface area contributed by atoms with Gasteiger partial charge in [0, 0.05) is 11.5 Å². The molecule has 2 unspecified atom stereocenters. The van der Waals surface area contributed by atoms with Gasteiger partial charge >= 0.3 is 0 Å². The van der Waals surface area contributed by atoms with E-state index in [0.29, 0.717) is 29.9 Å². The fourth-order valence-electron chi connectivity index (χ4n) is 3.48. The molecule has 3 heteroatoms. The lowest BCUT2D eigenvalue weighted by Crippen LogP contribution is -2.27. The summed E-state index contributed by atoms with van der Waals surface area (Å²) in [4.78, 5) is 0. The van der Waals surface area contributed by atoms with Gasteiger partial charge in [0.05, 0.1) is 6.61 Å². The zero-order valence-corrected chi connectivity index (χ0v) is 12.1. The van der Waals surface area contributed by atoms with Gasteiger partial charge in [0.15, 0.2) is 11.5 Å². The van der Waals surface area contributed by atoms with Gasteiger partial charge < -0.3 is 9.47 Å². The minimum atomic E-state index is -0.332. The fraction of sp³-hybridized carbons (Fsp3) is 0.529. The van der Waals surface area contributed by atoms with Crippen molar-refractivity contribution in [3.8, 4) is 11.5 Å². The van der Waals surface area contributed by atoms with Crippen molar-refractivity contribution >= 4 is 0 Å². The third-order valence-corrected chi connectivity index (χ3v) is 4.36. The van der Waals surface area contributed by atoms with Gasteiger partial charge in [0.1, 0.15) is 6.10 Å². The molecule has 0 spiro atoms. The van der Waals surface area contributed by atoms with Gasteiger partial charge in [-0.25, -0.2) is 0 Å². The van der Waals surface area contributed by atoms with Gasteiger partial charge in [-0.3, -0.25) is 0 Å². The van der Waals surface area contributed by atoms with Crippen LogP contribution in [0.15, 0.2) is 24.3 Å². The molecule has 1 aromatic rings. The largest absolute Gasteiger partial charge is 0.491 e. The van der Waals surface area contributed by atoms with Crippen LogP contribution in [0.5, 0.6) is 11.5 Å². The molecule has 1 aliphatic heterocycles. The summed E-state index contributed by atoms with van der Waals surface area (Å²) in [6, 6.07) is 3.71. The number of hydrogen-bond acceptors (Lipinski definition) is 2. The van der Waals surface area contributed by atoms with Crippen LogP contribution in [0, 0.1) is 11.7 Å². The Morgan fingerprint density at radius 1 is 1.40 bits per heavy atom. The maximum Gasteiger partial charge on any atom is 0.207 e. The zero-order chi connectivity index (χ0) is 14.1. The van der Waals surface area contributed by atoms with Gasteiger partial charge in [-0.2, -0.15) is 4.39 Å². The minimum Gasteiger partial charge on any atom is -0.491 e. The number of benzene rings is 1. The molecule has 0 N–H and O–H groups in total. The van der Waals surface area contributed by atoms with E-state index in [-0.39, 0.29) is 11.9 Å². The van der Waals surface area contributed by atoms with Crippen LogP contribution in [0.2, 0.25) is 0 Å². The van der Waals surface area contributed by atoms with Gasteiger partial charge in [-0.1, -0.05) is 18.2 Å². The van der Waals surface area contributed by atoms with Crippen molar-refractivity contribution < 1.29 is 13.9 Å². The number of ether oxygens (including phenoxy) is 2. The normalized spacial score (nSPS) is 28.1. The molecule has 108 valence electrons. The molecule has 2 aliphatic rings. The third-order valence-electron chi connectivity index (χ3n) is 4.36. The fourth-order valence-corrected chi connectivity index (χ4v) is 3.48. The van der Waals surface area contributed by atoms with E-state index in [4.69, 9.17) is 9.47 Å². The molecule has 1 saturated carbocycles. The first kappa shape index (κ1) is 13.5. The van der Waals surface area contributed by atoms with Gasteiger partial charge in [0.25, 0.3) is 0 Å². The summed E-state index contributed by atoms with van der Waals surface area (Å²) >= 11 is 0. The molecule has 2 nitrogen and oxygen atoms in total. The highest BCUT2D eigenvalue weighted by molar-refractivity contribution is 5.48. The summed E-state index contributed by atoms with van der Waals surface area (Å²) in [6.07, 6.45) is 7.66. The van der Waals surface area contributed by atoms with Crippen molar-refractivity contribution in [2.45, 2.75) is 45.1 Å². The second kappa shape index (κ2) is 5.47. The Bertz CT molecular complexity index is 524. The first-order valence-electron chi connectivity index (χ1n) is 7.49. The van der Waals surface area contributed by atoms with Crippen LogP contribution in [0.4, 0.5) is 4.39 Å². The van der Waals surface area contributed by atoms with E-state index < -0.39 is 0 Å². The van der Waals surface area contributed by atoms with Crippen molar-refractivity contribution in [3.05, 3.63) is 35.7 Å². The first-order chi connectivity index (χ1) is 9.74. The van der Waals surface area contributed by atoms with E-state index in [1.807, 2.05) is 19.9 Å². The highest BCUT2D eigenvalue weighted by Crippen LogP contribution is 2.49. The lowest BCUT2D eigenvalue weighted by molar-refractivity contribution is 0.139. The van der Waals surface area contributed by atoms with Gasteiger partial charge in [-0.15, -0.1) is 0 Å². The standard InChI is InChI=1S/C17H21FO2/c1-3-5-11-6-7-12-13-8-9-14(19-4-2)16(18)17(13)20-15(12)10-11/h3,5,8-9,11-12,15H,4,6-7,10H2,1-2H3/b5-3+/t11?,12-,15?/m0/s1. The van der Waals surface area contributed by atoms with Crippen LogP contribution in [-0.4, -0.2) is 12.7 Å². The molecule has 0 bridgehead atoms.